The maximum absolute atomic E-state index is 13.1. The molecule has 0 atom stereocenters. The first-order valence-electron chi connectivity index (χ1n) is 9.32. The van der Waals surface area contributed by atoms with Crippen LogP contribution in [-0.2, 0) is 6.54 Å². The molecule has 0 amide bonds. The van der Waals surface area contributed by atoms with Crippen LogP contribution >= 0.6 is 11.3 Å². The van der Waals surface area contributed by atoms with E-state index in [4.69, 9.17) is 9.47 Å². The average Bonchev–Trinajstić information content (AvgIpc) is 3.30. The minimum Gasteiger partial charge on any atom is -0.493 e. The molecule has 2 heterocycles. The zero-order valence-corrected chi connectivity index (χ0v) is 17.0. The molecule has 2 aromatic heterocycles. The second-order valence-electron chi connectivity index (χ2n) is 6.45. The van der Waals surface area contributed by atoms with E-state index >= 15 is 0 Å². The van der Waals surface area contributed by atoms with E-state index in [-0.39, 0.29) is 5.82 Å². The number of rotatable bonds is 8. The number of nitrogens with zero attached hydrogens (tertiary/aromatic N) is 3. The van der Waals surface area contributed by atoms with Crippen molar-refractivity contribution >= 4 is 21.4 Å². The van der Waals surface area contributed by atoms with Gasteiger partial charge >= 0.3 is 0 Å². The van der Waals surface area contributed by atoms with Gasteiger partial charge in [0.05, 0.1) is 25.6 Å². The van der Waals surface area contributed by atoms with Gasteiger partial charge in [0, 0.05) is 12.1 Å². The molecule has 0 spiro atoms. The number of nitrogens with one attached hydrogen (secondary N) is 1. The van der Waals surface area contributed by atoms with Crippen molar-refractivity contribution in [2.75, 3.05) is 19.0 Å². The van der Waals surface area contributed by atoms with Crippen LogP contribution in [0, 0.1) is 5.82 Å². The molecule has 0 radical (unpaired) electrons. The van der Waals surface area contributed by atoms with Crippen molar-refractivity contribution in [1.82, 2.24) is 14.6 Å². The molecule has 0 unspecified atom stereocenters. The minimum atomic E-state index is -0.263. The topological polar surface area (TPSA) is 60.7 Å². The van der Waals surface area contributed by atoms with Gasteiger partial charge in [-0.05, 0) is 48.4 Å². The monoisotopic (exact) mass is 412 g/mol. The second-order valence-corrected chi connectivity index (χ2v) is 7.41. The van der Waals surface area contributed by atoms with Crippen LogP contribution in [0.25, 0.3) is 16.2 Å². The zero-order valence-electron chi connectivity index (χ0n) is 16.2. The second kappa shape index (κ2) is 8.48. The number of methoxy groups -OCH3 is 1. The first kappa shape index (κ1) is 19.2. The van der Waals surface area contributed by atoms with Gasteiger partial charge in [0.15, 0.2) is 11.5 Å². The Hall–Kier alpha value is -3.13. The summed E-state index contributed by atoms with van der Waals surface area (Å²) in [5.74, 6) is 1.20. The molecule has 150 valence electrons. The zero-order chi connectivity index (χ0) is 20.2. The highest BCUT2D eigenvalue weighted by molar-refractivity contribution is 7.20. The highest BCUT2D eigenvalue weighted by Crippen LogP contribution is 2.29. The molecule has 8 heteroatoms. The Kier molecular flexibility index (Phi) is 5.62. The van der Waals surface area contributed by atoms with Crippen LogP contribution in [0.3, 0.4) is 0 Å². The Morgan fingerprint density at radius 3 is 2.69 bits per heavy atom. The van der Waals surface area contributed by atoms with Crippen LogP contribution in [0.5, 0.6) is 11.5 Å². The van der Waals surface area contributed by atoms with E-state index in [1.54, 1.807) is 23.8 Å². The molecule has 0 saturated heterocycles. The van der Waals surface area contributed by atoms with Gasteiger partial charge in [-0.1, -0.05) is 24.3 Å². The maximum atomic E-state index is 13.1. The lowest BCUT2D eigenvalue weighted by Crippen LogP contribution is -2.02. The lowest BCUT2D eigenvalue weighted by molar-refractivity contribution is 0.294. The van der Waals surface area contributed by atoms with Crippen molar-refractivity contribution in [3.8, 4) is 22.8 Å². The van der Waals surface area contributed by atoms with E-state index in [1.165, 1.54) is 23.5 Å². The molecule has 0 saturated carbocycles. The fourth-order valence-electron chi connectivity index (χ4n) is 2.86. The van der Waals surface area contributed by atoms with Crippen molar-refractivity contribution in [2.45, 2.75) is 19.9 Å². The van der Waals surface area contributed by atoms with Crippen LogP contribution in [0.2, 0.25) is 0 Å². The van der Waals surface area contributed by atoms with Gasteiger partial charge in [0.1, 0.15) is 5.82 Å². The van der Waals surface area contributed by atoms with Crippen molar-refractivity contribution in [2.24, 2.45) is 0 Å². The van der Waals surface area contributed by atoms with Gasteiger partial charge in [0.2, 0.25) is 10.1 Å². The van der Waals surface area contributed by atoms with Crippen molar-refractivity contribution in [3.63, 3.8) is 0 Å². The number of anilines is 1. The molecule has 0 fully saturated rings. The number of imidazole rings is 1. The Morgan fingerprint density at radius 2 is 1.97 bits per heavy atom. The highest BCUT2D eigenvalue weighted by Gasteiger charge is 2.11. The first-order chi connectivity index (χ1) is 14.2. The van der Waals surface area contributed by atoms with Crippen LogP contribution < -0.4 is 14.8 Å². The Balaban J connectivity index is 1.44. The number of benzene rings is 2. The van der Waals surface area contributed by atoms with Gasteiger partial charge in [-0.3, -0.25) is 0 Å². The minimum absolute atomic E-state index is 0.263. The van der Waals surface area contributed by atoms with E-state index < -0.39 is 0 Å². The Bertz CT molecular complexity index is 1080. The SMILES string of the molecule is CCCOc1ccc(CNc2nn3cc(-c4ccc(F)cc4)nc3s2)cc1OC. The summed E-state index contributed by atoms with van der Waals surface area (Å²) in [6.07, 6.45) is 2.79. The third-order valence-corrected chi connectivity index (χ3v) is 5.20. The molecule has 4 aromatic rings. The highest BCUT2D eigenvalue weighted by atomic mass is 32.1. The molecule has 0 aliphatic rings. The number of aromatic nitrogens is 3. The standard InChI is InChI=1S/C21H21FN4O2S/c1-3-10-28-18-9-4-14(11-19(18)27-2)12-23-20-25-26-13-17(24-21(26)29-20)15-5-7-16(22)8-6-15/h4-9,11,13H,3,10,12H2,1-2H3,(H,23,25). The quantitative estimate of drug-likeness (QED) is 0.441. The fourth-order valence-corrected chi connectivity index (χ4v) is 3.64. The number of halogens is 1. The van der Waals surface area contributed by atoms with E-state index in [1.807, 2.05) is 24.4 Å². The normalized spacial score (nSPS) is 11.0. The number of hydrogen-bond acceptors (Lipinski definition) is 6. The lowest BCUT2D eigenvalue weighted by Gasteiger charge is -2.11. The smallest absolute Gasteiger partial charge is 0.214 e. The van der Waals surface area contributed by atoms with Gasteiger partial charge in [-0.2, -0.15) is 0 Å². The molecule has 2 aromatic carbocycles. The van der Waals surface area contributed by atoms with Crippen molar-refractivity contribution in [3.05, 3.63) is 60.0 Å². The number of hydrogen-bond donors (Lipinski definition) is 1. The Morgan fingerprint density at radius 1 is 1.14 bits per heavy atom. The van der Waals surface area contributed by atoms with Crippen LogP contribution in [0.1, 0.15) is 18.9 Å². The maximum Gasteiger partial charge on any atom is 0.214 e. The third kappa shape index (κ3) is 4.32. The number of fused-ring (bicyclic) bond motifs is 1. The summed E-state index contributed by atoms with van der Waals surface area (Å²) in [7, 11) is 1.64. The Labute approximate surface area is 171 Å². The van der Waals surface area contributed by atoms with Crippen molar-refractivity contribution in [1.29, 1.82) is 0 Å². The first-order valence-corrected chi connectivity index (χ1v) is 10.1. The summed E-state index contributed by atoms with van der Waals surface area (Å²) in [6.45, 7) is 3.33. The van der Waals surface area contributed by atoms with Crippen LogP contribution in [0.15, 0.2) is 48.7 Å². The van der Waals surface area contributed by atoms with E-state index in [2.05, 4.69) is 22.3 Å². The van der Waals surface area contributed by atoms with Crippen molar-refractivity contribution < 1.29 is 13.9 Å². The number of ether oxygens (including phenoxy) is 2. The van der Waals surface area contributed by atoms with Gasteiger partial charge in [-0.15, -0.1) is 5.10 Å². The summed E-state index contributed by atoms with van der Waals surface area (Å²) in [5.41, 5.74) is 2.68. The predicted molar refractivity (Wildman–Crippen MR) is 112 cm³/mol. The summed E-state index contributed by atoms with van der Waals surface area (Å²) in [6, 6.07) is 12.2. The molecular weight excluding hydrogens is 391 g/mol. The van der Waals surface area contributed by atoms with Crippen LogP contribution in [-0.4, -0.2) is 28.3 Å². The summed E-state index contributed by atoms with van der Waals surface area (Å²) in [5, 5.41) is 8.61. The molecule has 4 rings (SSSR count). The van der Waals surface area contributed by atoms with Gasteiger partial charge in [-0.25, -0.2) is 13.9 Å². The molecule has 1 N–H and O–H groups in total. The molecule has 6 nitrogen and oxygen atoms in total. The van der Waals surface area contributed by atoms with Gasteiger partial charge < -0.3 is 14.8 Å². The molecule has 0 aliphatic carbocycles. The predicted octanol–water partition coefficient (Wildman–Crippen LogP) is 5.01. The molecule has 29 heavy (non-hydrogen) atoms. The molecule has 0 aliphatic heterocycles. The molecular formula is C21H21FN4O2S. The largest absolute Gasteiger partial charge is 0.493 e. The summed E-state index contributed by atoms with van der Waals surface area (Å²) in [4.78, 5) is 5.35. The van der Waals surface area contributed by atoms with E-state index in [0.717, 1.165) is 44.8 Å². The lowest BCUT2D eigenvalue weighted by atomic mass is 10.2. The van der Waals surface area contributed by atoms with E-state index in [0.29, 0.717) is 13.2 Å². The summed E-state index contributed by atoms with van der Waals surface area (Å²) < 4.78 is 25.9. The third-order valence-electron chi connectivity index (χ3n) is 4.32. The summed E-state index contributed by atoms with van der Waals surface area (Å²) >= 11 is 1.46. The van der Waals surface area contributed by atoms with Gasteiger partial charge in [0.25, 0.3) is 0 Å². The molecule has 0 bridgehead atoms. The average molecular weight is 412 g/mol. The van der Waals surface area contributed by atoms with E-state index in [9.17, 15) is 4.39 Å². The fraction of sp³-hybridized carbons (Fsp3) is 0.238. The van der Waals surface area contributed by atoms with Crippen LogP contribution in [0.4, 0.5) is 9.52 Å².